The molecule has 0 spiro atoms. The third-order valence-corrected chi connectivity index (χ3v) is 13.3. The van der Waals surface area contributed by atoms with Crippen LogP contribution in [0.1, 0.15) is 117 Å². The fraction of sp³-hybridized carbons (Fsp3) is 0.596. The van der Waals surface area contributed by atoms with Gasteiger partial charge >= 0.3 is 23.9 Å². The van der Waals surface area contributed by atoms with Crippen LogP contribution < -0.4 is 0 Å². The van der Waals surface area contributed by atoms with E-state index in [2.05, 4.69) is 5.10 Å². The molecule has 1 fully saturated rings. The van der Waals surface area contributed by atoms with E-state index in [4.69, 9.17) is 18.9 Å². The van der Waals surface area contributed by atoms with Gasteiger partial charge in [0.25, 0.3) is 23.6 Å². The number of esters is 4. The van der Waals surface area contributed by atoms with Crippen LogP contribution in [0, 0.1) is 30.6 Å². The number of carbonyl (C=O) groups excluding carboxylic acids is 8. The van der Waals surface area contributed by atoms with Crippen molar-refractivity contribution >= 4 is 47.5 Å². The number of ether oxygens (including phenoxy) is 4. The Morgan fingerprint density at radius 3 is 1.11 bits per heavy atom. The Bertz CT molecular complexity index is 2400. The number of likely N-dealkylation sites (N-methyl/N-ethyl adjacent to an activating group) is 4. The number of cyclic esters (lactones) is 4. The minimum atomic E-state index is -1.52. The summed E-state index contributed by atoms with van der Waals surface area (Å²) in [6, 6.07) is 11.2. The number of amides is 4. The number of aryl methyl sites for hydroxylation is 1. The summed E-state index contributed by atoms with van der Waals surface area (Å²) in [5.41, 5.74) is 3.20. The second-order valence-corrected chi connectivity index (χ2v) is 21.8. The monoisotopic (exact) mass is 1040 g/mol. The average molecular weight is 1040 g/mol. The lowest BCUT2D eigenvalue weighted by Gasteiger charge is -2.35. The summed E-state index contributed by atoms with van der Waals surface area (Å²) in [5, 5.41) is 4.37. The molecule has 0 radical (unpaired) electrons. The molecule has 1 aliphatic rings. The van der Waals surface area contributed by atoms with E-state index in [1.807, 2.05) is 92.8 Å². The number of benzene rings is 2. The largest absolute Gasteiger partial charge is 0.451 e. The predicted molar refractivity (Wildman–Crippen MR) is 281 cm³/mol. The molecule has 4 rings (SSSR count). The lowest BCUT2D eigenvalue weighted by molar-refractivity contribution is -0.176. The van der Waals surface area contributed by atoms with Crippen molar-refractivity contribution in [1.29, 1.82) is 0 Å². The molecule has 0 N–H and O–H groups in total. The molecule has 1 aliphatic heterocycles. The molecule has 75 heavy (non-hydrogen) atoms. The number of nitrogens with zero attached hydrogens (tertiary/aromatic N) is 6. The molecule has 2 aromatic carbocycles. The number of hydrogen-bond donors (Lipinski definition) is 0. The van der Waals surface area contributed by atoms with Crippen LogP contribution in [0.3, 0.4) is 0 Å². The van der Waals surface area contributed by atoms with E-state index >= 15 is 0 Å². The van der Waals surface area contributed by atoms with Gasteiger partial charge in [0.05, 0.1) is 12.7 Å². The zero-order valence-electron chi connectivity index (χ0n) is 46.8. The third-order valence-electron chi connectivity index (χ3n) is 13.3. The smallest absolute Gasteiger partial charge is 0.329 e. The highest BCUT2D eigenvalue weighted by Crippen LogP contribution is 2.24. The highest BCUT2D eigenvalue weighted by atomic mass is 16.6. The Balaban J connectivity index is 1.85. The van der Waals surface area contributed by atoms with Gasteiger partial charge in [-0.15, -0.1) is 0 Å². The van der Waals surface area contributed by atoms with Crippen molar-refractivity contribution in [3.05, 3.63) is 89.2 Å². The van der Waals surface area contributed by atoms with Gasteiger partial charge in [0.2, 0.25) is 0 Å². The highest BCUT2D eigenvalue weighted by molar-refractivity contribution is 5.94. The quantitative estimate of drug-likeness (QED) is 0.130. The normalized spacial score (nSPS) is 24.0. The Kier molecular flexibility index (Phi) is 22.6. The van der Waals surface area contributed by atoms with E-state index in [0.29, 0.717) is 17.7 Å². The van der Waals surface area contributed by atoms with E-state index in [9.17, 15) is 38.4 Å². The lowest BCUT2D eigenvalue weighted by atomic mass is 9.99. The summed E-state index contributed by atoms with van der Waals surface area (Å²) >= 11 is 0. The number of rotatable bonds is 14. The Hall–Kier alpha value is -6.59. The molecule has 0 aliphatic carbocycles. The molecule has 1 saturated heterocycles. The first-order valence-corrected chi connectivity index (χ1v) is 26.2. The minimum absolute atomic E-state index is 0.0878. The lowest BCUT2D eigenvalue weighted by Crippen LogP contribution is -2.55. The Labute approximate surface area is 443 Å². The van der Waals surface area contributed by atoms with Gasteiger partial charge in [-0.1, -0.05) is 110 Å². The van der Waals surface area contributed by atoms with Crippen LogP contribution >= 0.6 is 0 Å². The van der Waals surface area contributed by atoms with Crippen molar-refractivity contribution in [2.75, 3.05) is 28.2 Å². The highest BCUT2D eigenvalue weighted by Gasteiger charge is 2.43. The van der Waals surface area contributed by atoms with Gasteiger partial charge in [0, 0.05) is 47.2 Å². The first-order chi connectivity index (χ1) is 35.2. The van der Waals surface area contributed by atoms with Crippen LogP contribution in [-0.4, -0.2) is 154 Å². The summed E-state index contributed by atoms with van der Waals surface area (Å²) in [4.78, 5) is 121. The first kappa shape index (κ1) is 61.0. The van der Waals surface area contributed by atoms with Gasteiger partial charge < -0.3 is 38.5 Å². The molecule has 0 bridgehead atoms. The molecule has 1 aromatic heterocycles. The molecule has 0 saturated carbocycles. The van der Waals surface area contributed by atoms with E-state index in [0.717, 1.165) is 30.7 Å². The maximum absolute atomic E-state index is 14.9. The van der Waals surface area contributed by atoms with Gasteiger partial charge in [0.1, 0.15) is 24.2 Å². The summed E-state index contributed by atoms with van der Waals surface area (Å²) in [7, 11) is 5.57. The van der Waals surface area contributed by atoms with Crippen LogP contribution in [0.4, 0.5) is 0 Å². The van der Waals surface area contributed by atoms with Crippen LogP contribution in [0.5, 0.6) is 0 Å². The molecule has 412 valence electrons. The topological polar surface area (TPSA) is 204 Å². The van der Waals surface area contributed by atoms with Crippen LogP contribution in [0.25, 0.3) is 0 Å². The van der Waals surface area contributed by atoms with Gasteiger partial charge in [-0.3, -0.25) is 23.9 Å². The predicted octanol–water partition coefficient (Wildman–Crippen LogP) is 6.22. The van der Waals surface area contributed by atoms with E-state index in [-0.39, 0.29) is 62.2 Å². The molecule has 8 atom stereocenters. The zero-order valence-corrected chi connectivity index (χ0v) is 46.8. The molecular weight excluding hydrogens is 961 g/mol. The number of aromatic nitrogens is 2. The maximum atomic E-state index is 14.9. The standard InChI is InChI=1S/C57H82N6O12/c1-34(2)25-44-54(68)72-40(11)51(65)60(13)47(28-37(7)8)57(71)75-49(30-42-21-23-43(24-22-42)33-63-32-38(9)31-58-63)53(67)62(15)45(26-35(3)4)55(69)73-39(10)50(64)59(12)46(27-36(5)6)56(70)74-48(52(66)61(44)14)29-41-19-17-16-18-20-41/h16-24,31-32,34-37,39-40,44-49H,25-30,33H2,1-15H3/t39-,40-,44+,45+,46+,47+,48-,49-/m1/s1. The molecular formula is C57H82N6O12. The SMILES string of the molecule is Cc1cnn(Cc2ccc(C[C@H]3OC(=O)[C@H](CC(C)C)N(C)C(=O)[C@@H](C)OC(=O)[C@H](CC(C)C)N(C)C(=O)[C@@H](Cc4ccccc4)OC(=O)[C@H](CC(C)C)N(C)C(=O)[C@@H](C)OC(=O)[C@H](CC(C)C)N(C)C3=O)cc2)c1. The molecule has 2 heterocycles. The number of carbonyl (C=O) groups is 8. The fourth-order valence-electron chi connectivity index (χ4n) is 9.04. The average Bonchev–Trinajstić information content (AvgIpc) is 3.77. The van der Waals surface area contributed by atoms with Crippen molar-refractivity contribution in [3.8, 4) is 0 Å². The molecule has 4 amide bonds. The third kappa shape index (κ3) is 17.5. The van der Waals surface area contributed by atoms with Crippen molar-refractivity contribution in [2.24, 2.45) is 23.7 Å². The van der Waals surface area contributed by atoms with Gasteiger partial charge in [0.15, 0.2) is 24.4 Å². The second kappa shape index (κ2) is 27.8. The van der Waals surface area contributed by atoms with E-state index in [1.165, 1.54) is 42.0 Å². The summed E-state index contributed by atoms with van der Waals surface area (Å²) < 4.78 is 25.8. The van der Waals surface area contributed by atoms with Crippen molar-refractivity contribution < 1.29 is 57.3 Å². The molecule has 18 heteroatoms. The first-order valence-electron chi connectivity index (χ1n) is 26.2. The second-order valence-electron chi connectivity index (χ2n) is 21.8. The van der Waals surface area contributed by atoms with Crippen molar-refractivity contribution in [3.63, 3.8) is 0 Å². The summed E-state index contributed by atoms with van der Waals surface area (Å²) in [6.45, 7) is 20.0. The number of hydrogen-bond acceptors (Lipinski definition) is 13. The van der Waals surface area contributed by atoms with Crippen LogP contribution in [0.15, 0.2) is 67.0 Å². The summed E-state index contributed by atoms with van der Waals surface area (Å²) in [5.74, 6) is -7.27. The van der Waals surface area contributed by atoms with Gasteiger partial charge in [-0.25, -0.2) is 19.2 Å². The Morgan fingerprint density at radius 1 is 0.453 bits per heavy atom. The maximum Gasteiger partial charge on any atom is 0.329 e. The fourth-order valence-corrected chi connectivity index (χ4v) is 9.04. The van der Waals surface area contributed by atoms with E-state index in [1.54, 1.807) is 41.2 Å². The van der Waals surface area contributed by atoms with Gasteiger partial charge in [-0.2, -0.15) is 5.10 Å². The minimum Gasteiger partial charge on any atom is -0.451 e. The van der Waals surface area contributed by atoms with E-state index < -0.39 is 96.1 Å². The van der Waals surface area contributed by atoms with Crippen LogP contribution in [-0.2, 0) is 76.7 Å². The zero-order chi connectivity index (χ0) is 56.0. The molecule has 0 unspecified atom stereocenters. The van der Waals surface area contributed by atoms with Crippen molar-refractivity contribution in [2.45, 2.75) is 170 Å². The molecule has 3 aromatic rings. The Morgan fingerprint density at radius 2 is 0.773 bits per heavy atom. The van der Waals surface area contributed by atoms with Gasteiger partial charge in [-0.05, 0) is 92.4 Å². The van der Waals surface area contributed by atoms with Crippen molar-refractivity contribution in [1.82, 2.24) is 29.4 Å². The molecule has 18 nitrogen and oxygen atoms in total. The van der Waals surface area contributed by atoms with Crippen LogP contribution in [0.2, 0.25) is 0 Å². The summed E-state index contributed by atoms with van der Waals surface area (Å²) in [6.07, 6.45) is -2.08.